The normalized spacial score (nSPS) is 16.4. The van der Waals surface area contributed by atoms with Crippen molar-refractivity contribution in [3.05, 3.63) is 41.5 Å². The molecule has 1 saturated carbocycles. The van der Waals surface area contributed by atoms with E-state index in [0.29, 0.717) is 47.8 Å². The van der Waals surface area contributed by atoms with Crippen LogP contribution in [0.3, 0.4) is 0 Å². The number of carboxylic acid groups (broad SMARTS) is 1. The van der Waals surface area contributed by atoms with Crippen molar-refractivity contribution in [2.45, 2.75) is 25.6 Å². The van der Waals surface area contributed by atoms with Gasteiger partial charge < -0.3 is 33.5 Å². The summed E-state index contributed by atoms with van der Waals surface area (Å²) in [6.45, 7) is 0.746. The van der Waals surface area contributed by atoms with Gasteiger partial charge in [0.25, 0.3) is 0 Å². The molecular formula is C25H28O9. The Balaban J connectivity index is 1.69. The molecule has 0 radical (unpaired) electrons. The molecule has 0 spiro atoms. The van der Waals surface area contributed by atoms with Gasteiger partial charge in [0.2, 0.25) is 5.75 Å². The number of esters is 1. The van der Waals surface area contributed by atoms with Crippen LogP contribution in [0.15, 0.2) is 30.3 Å². The van der Waals surface area contributed by atoms with Gasteiger partial charge in [0.1, 0.15) is 6.61 Å². The van der Waals surface area contributed by atoms with Crippen molar-refractivity contribution in [1.82, 2.24) is 0 Å². The number of ether oxygens (including phenoxy) is 6. The maximum Gasteiger partial charge on any atom is 0.338 e. The SMILES string of the molecule is COCCOC(C(=O)O)C1(COc2c(-c3cccc4c3COC4=O)ccc(OC)c2OC)CC1. The molecule has 1 aliphatic carbocycles. The van der Waals surface area contributed by atoms with Gasteiger partial charge >= 0.3 is 11.9 Å². The van der Waals surface area contributed by atoms with Gasteiger partial charge in [0, 0.05) is 23.7 Å². The highest BCUT2D eigenvalue weighted by Gasteiger charge is 2.54. The van der Waals surface area contributed by atoms with E-state index >= 15 is 0 Å². The number of rotatable bonds is 12. The summed E-state index contributed by atoms with van der Waals surface area (Å²) in [6, 6.07) is 8.99. The van der Waals surface area contributed by atoms with Gasteiger partial charge in [-0.25, -0.2) is 9.59 Å². The predicted molar refractivity (Wildman–Crippen MR) is 121 cm³/mol. The summed E-state index contributed by atoms with van der Waals surface area (Å²) in [6.07, 6.45) is 0.290. The first-order valence-corrected chi connectivity index (χ1v) is 11.0. The zero-order chi connectivity index (χ0) is 24.3. The zero-order valence-corrected chi connectivity index (χ0v) is 19.4. The van der Waals surface area contributed by atoms with Crippen LogP contribution in [0.4, 0.5) is 0 Å². The van der Waals surface area contributed by atoms with Gasteiger partial charge in [0.05, 0.1) is 39.6 Å². The van der Waals surface area contributed by atoms with Crippen LogP contribution in [0.2, 0.25) is 0 Å². The number of hydrogen-bond donors (Lipinski definition) is 1. The van der Waals surface area contributed by atoms with Crippen LogP contribution in [0.5, 0.6) is 17.2 Å². The van der Waals surface area contributed by atoms with Crippen molar-refractivity contribution < 1.29 is 43.1 Å². The van der Waals surface area contributed by atoms with E-state index in [1.165, 1.54) is 21.3 Å². The molecule has 2 aromatic carbocycles. The highest BCUT2D eigenvalue weighted by atomic mass is 16.6. The fourth-order valence-electron chi connectivity index (χ4n) is 4.27. The summed E-state index contributed by atoms with van der Waals surface area (Å²) in [5.74, 6) is -0.148. The quantitative estimate of drug-likeness (QED) is 0.367. The second-order valence-electron chi connectivity index (χ2n) is 8.32. The smallest absolute Gasteiger partial charge is 0.338 e. The molecule has 0 saturated heterocycles. The van der Waals surface area contributed by atoms with E-state index in [0.717, 1.165) is 11.1 Å². The van der Waals surface area contributed by atoms with Crippen LogP contribution >= 0.6 is 0 Å². The Morgan fingerprint density at radius 2 is 1.79 bits per heavy atom. The van der Waals surface area contributed by atoms with Gasteiger partial charge in [-0.3, -0.25) is 0 Å². The lowest BCUT2D eigenvalue weighted by atomic mass is 9.95. The van der Waals surface area contributed by atoms with E-state index in [-0.39, 0.29) is 25.8 Å². The summed E-state index contributed by atoms with van der Waals surface area (Å²) < 4.78 is 33.2. The van der Waals surface area contributed by atoms with Gasteiger partial charge in [-0.05, 0) is 36.6 Å². The third kappa shape index (κ3) is 4.41. The first-order valence-electron chi connectivity index (χ1n) is 11.0. The Bertz CT molecular complexity index is 1070. The van der Waals surface area contributed by atoms with Crippen LogP contribution in [0.25, 0.3) is 11.1 Å². The Labute approximate surface area is 197 Å². The number of carbonyl (C=O) groups is 2. The molecule has 0 aromatic heterocycles. The standard InChI is InChI=1S/C25H28O9/c1-29-11-12-32-22(23(26)27)25(9-10-25)14-34-20-16(7-8-19(30-2)21(20)31-3)15-5-4-6-17-18(15)13-33-24(17)28/h4-8,22H,9-14H2,1-3H3,(H,26,27). The Morgan fingerprint density at radius 3 is 2.44 bits per heavy atom. The van der Waals surface area contributed by atoms with Crippen molar-refractivity contribution in [3.63, 3.8) is 0 Å². The monoisotopic (exact) mass is 472 g/mol. The maximum absolute atomic E-state index is 12.1. The third-order valence-electron chi connectivity index (χ3n) is 6.28. The molecule has 2 aromatic rings. The molecule has 4 rings (SSSR count). The fourth-order valence-corrected chi connectivity index (χ4v) is 4.27. The summed E-state index contributed by atoms with van der Waals surface area (Å²) in [5.41, 5.74) is 2.07. The van der Waals surface area contributed by atoms with E-state index in [2.05, 4.69) is 0 Å². The van der Waals surface area contributed by atoms with Crippen LogP contribution in [-0.4, -0.2) is 64.3 Å². The lowest BCUT2D eigenvalue weighted by molar-refractivity contribution is -0.158. The number of hydrogen-bond acceptors (Lipinski definition) is 8. The minimum atomic E-state index is -1.04. The van der Waals surface area contributed by atoms with Crippen LogP contribution in [0, 0.1) is 5.41 Å². The molecule has 9 nitrogen and oxygen atoms in total. The second kappa shape index (κ2) is 9.90. The number of aliphatic carboxylic acids is 1. The van der Waals surface area contributed by atoms with Crippen LogP contribution in [-0.2, 0) is 25.6 Å². The van der Waals surface area contributed by atoms with Crippen molar-refractivity contribution in [2.75, 3.05) is 41.2 Å². The lowest BCUT2D eigenvalue weighted by Crippen LogP contribution is -2.38. The van der Waals surface area contributed by atoms with E-state index in [9.17, 15) is 14.7 Å². The van der Waals surface area contributed by atoms with Gasteiger partial charge in [-0.15, -0.1) is 0 Å². The van der Waals surface area contributed by atoms with E-state index in [1.54, 1.807) is 18.2 Å². The minimum absolute atomic E-state index is 0.109. The highest BCUT2D eigenvalue weighted by Crippen LogP contribution is 2.52. The highest BCUT2D eigenvalue weighted by molar-refractivity contribution is 5.96. The van der Waals surface area contributed by atoms with Gasteiger partial charge in [-0.1, -0.05) is 12.1 Å². The van der Waals surface area contributed by atoms with Gasteiger partial charge in [0.15, 0.2) is 17.6 Å². The summed E-state index contributed by atoms with van der Waals surface area (Å²) in [4.78, 5) is 24.0. The molecule has 1 aliphatic heterocycles. The zero-order valence-electron chi connectivity index (χ0n) is 19.4. The molecule has 1 unspecified atom stereocenters. The molecule has 1 atom stereocenters. The molecule has 34 heavy (non-hydrogen) atoms. The predicted octanol–water partition coefficient (Wildman–Crippen LogP) is 3.32. The number of carbonyl (C=O) groups excluding carboxylic acids is 1. The van der Waals surface area contributed by atoms with E-state index in [4.69, 9.17) is 28.4 Å². The number of carboxylic acids is 1. The molecule has 2 aliphatic rings. The van der Waals surface area contributed by atoms with Crippen molar-refractivity contribution in [3.8, 4) is 28.4 Å². The Hall–Kier alpha value is -3.30. The second-order valence-corrected chi connectivity index (χ2v) is 8.32. The third-order valence-corrected chi connectivity index (χ3v) is 6.28. The number of cyclic esters (lactones) is 1. The minimum Gasteiger partial charge on any atom is -0.493 e. The number of benzene rings is 2. The summed E-state index contributed by atoms with van der Waals surface area (Å²) in [7, 11) is 4.57. The first-order chi connectivity index (χ1) is 16.5. The summed E-state index contributed by atoms with van der Waals surface area (Å²) >= 11 is 0. The van der Waals surface area contributed by atoms with Crippen molar-refractivity contribution in [2.24, 2.45) is 5.41 Å². The van der Waals surface area contributed by atoms with Crippen molar-refractivity contribution >= 4 is 11.9 Å². The Morgan fingerprint density at radius 1 is 1.03 bits per heavy atom. The molecule has 182 valence electrons. The average Bonchev–Trinajstić information content (AvgIpc) is 3.53. The molecule has 0 bridgehead atoms. The first kappa shape index (κ1) is 23.8. The largest absolute Gasteiger partial charge is 0.493 e. The maximum atomic E-state index is 12.1. The molecule has 1 heterocycles. The molecule has 1 fully saturated rings. The van der Waals surface area contributed by atoms with Crippen LogP contribution < -0.4 is 14.2 Å². The Kier molecular flexibility index (Phi) is 6.95. The molecule has 9 heteroatoms. The topological polar surface area (TPSA) is 110 Å². The summed E-state index contributed by atoms with van der Waals surface area (Å²) in [5, 5.41) is 9.78. The molecule has 0 amide bonds. The lowest BCUT2D eigenvalue weighted by Gasteiger charge is -2.25. The number of fused-ring (bicyclic) bond motifs is 1. The van der Waals surface area contributed by atoms with Gasteiger partial charge in [-0.2, -0.15) is 0 Å². The van der Waals surface area contributed by atoms with E-state index < -0.39 is 17.5 Å². The molecule has 1 N–H and O–H groups in total. The average molecular weight is 472 g/mol. The van der Waals surface area contributed by atoms with Crippen LogP contribution in [0.1, 0.15) is 28.8 Å². The van der Waals surface area contributed by atoms with Crippen molar-refractivity contribution in [1.29, 1.82) is 0 Å². The molecular weight excluding hydrogens is 444 g/mol. The van der Waals surface area contributed by atoms with E-state index in [1.807, 2.05) is 12.1 Å². The fraction of sp³-hybridized carbons (Fsp3) is 0.440. The number of methoxy groups -OCH3 is 3.